The SMILES string of the molecule is CC1(C)C(O)CC1NCc1ccccc1[N+](=O)[O-]. The Morgan fingerprint density at radius 1 is 1.50 bits per heavy atom. The van der Waals surface area contributed by atoms with Crippen molar-refractivity contribution in [1.29, 1.82) is 0 Å². The third-order valence-electron chi connectivity index (χ3n) is 3.94. The van der Waals surface area contributed by atoms with E-state index in [0.29, 0.717) is 18.5 Å². The molecule has 1 saturated carbocycles. The van der Waals surface area contributed by atoms with Crippen LogP contribution >= 0.6 is 0 Å². The van der Waals surface area contributed by atoms with Gasteiger partial charge in [0.15, 0.2) is 0 Å². The molecule has 2 atom stereocenters. The highest BCUT2D eigenvalue weighted by molar-refractivity contribution is 5.39. The molecule has 0 heterocycles. The van der Waals surface area contributed by atoms with E-state index in [4.69, 9.17) is 0 Å². The minimum absolute atomic E-state index is 0.141. The van der Waals surface area contributed by atoms with Crippen LogP contribution in [0.5, 0.6) is 0 Å². The quantitative estimate of drug-likeness (QED) is 0.631. The highest BCUT2D eigenvalue weighted by atomic mass is 16.6. The summed E-state index contributed by atoms with van der Waals surface area (Å²) in [4.78, 5) is 10.5. The predicted octanol–water partition coefficient (Wildman–Crippen LogP) is 1.84. The Hall–Kier alpha value is -1.46. The monoisotopic (exact) mass is 250 g/mol. The van der Waals surface area contributed by atoms with Crippen LogP contribution in [0, 0.1) is 15.5 Å². The summed E-state index contributed by atoms with van der Waals surface area (Å²) in [5.41, 5.74) is 0.659. The second-order valence-corrected chi connectivity index (χ2v) is 5.39. The highest BCUT2D eigenvalue weighted by Crippen LogP contribution is 2.40. The van der Waals surface area contributed by atoms with E-state index in [9.17, 15) is 15.2 Å². The summed E-state index contributed by atoms with van der Waals surface area (Å²) in [6.45, 7) is 4.45. The van der Waals surface area contributed by atoms with Crippen molar-refractivity contribution < 1.29 is 10.0 Å². The molecule has 5 nitrogen and oxygen atoms in total. The van der Waals surface area contributed by atoms with Crippen LogP contribution in [-0.2, 0) is 6.54 Å². The Morgan fingerprint density at radius 3 is 2.72 bits per heavy atom. The molecule has 0 amide bonds. The Balaban J connectivity index is 2.01. The summed E-state index contributed by atoms with van der Waals surface area (Å²) < 4.78 is 0. The lowest BCUT2D eigenvalue weighted by molar-refractivity contribution is -0.385. The molecule has 1 aromatic rings. The normalized spacial score (nSPS) is 25.5. The summed E-state index contributed by atoms with van der Waals surface area (Å²) >= 11 is 0. The maximum atomic E-state index is 10.9. The van der Waals surface area contributed by atoms with Crippen LogP contribution in [-0.4, -0.2) is 22.2 Å². The van der Waals surface area contributed by atoms with Crippen molar-refractivity contribution in [3.63, 3.8) is 0 Å². The number of nitro groups is 1. The van der Waals surface area contributed by atoms with Crippen LogP contribution in [0.15, 0.2) is 24.3 Å². The molecule has 2 rings (SSSR count). The van der Waals surface area contributed by atoms with Crippen LogP contribution in [0.25, 0.3) is 0 Å². The van der Waals surface area contributed by atoms with Gasteiger partial charge in [0, 0.05) is 29.6 Å². The first kappa shape index (κ1) is 13.0. The standard InChI is InChI=1S/C13H18N2O3/c1-13(2)11(7-12(13)16)14-8-9-5-3-4-6-10(9)15(17)18/h3-6,11-12,14,16H,7-8H2,1-2H3. The van der Waals surface area contributed by atoms with Gasteiger partial charge in [0.2, 0.25) is 0 Å². The lowest BCUT2D eigenvalue weighted by Gasteiger charge is -2.49. The van der Waals surface area contributed by atoms with E-state index in [2.05, 4.69) is 5.32 Å². The average Bonchev–Trinajstić information content (AvgIpc) is 2.34. The maximum absolute atomic E-state index is 10.9. The molecule has 5 heteroatoms. The Bertz CT molecular complexity index is 459. The van der Waals surface area contributed by atoms with E-state index in [0.717, 1.165) is 0 Å². The molecule has 2 unspecified atom stereocenters. The van der Waals surface area contributed by atoms with E-state index < -0.39 is 0 Å². The number of nitrogens with one attached hydrogen (secondary N) is 1. The number of aliphatic hydroxyl groups is 1. The van der Waals surface area contributed by atoms with E-state index in [-0.39, 0.29) is 28.2 Å². The number of aliphatic hydroxyl groups excluding tert-OH is 1. The summed E-state index contributed by atoms with van der Waals surface area (Å²) in [7, 11) is 0. The largest absolute Gasteiger partial charge is 0.392 e. The zero-order valence-corrected chi connectivity index (χ0v) is 10.6. The molecule has 1 fully saturated rings. The second-order valence-electron chi connectivity index (χ2n) is 5.39. The molecule has 98 valence electrons. The molecule has 0 spiro atoms. The van der Waals surface area contributed by atoms with Gasteiger partial charge in [-0.3, -0.25) is 10.1 Å². The summed E-state index contributed by atoms with van der Waals surface area (Å²) in [5, 5.41) is 23.8. The van der Waals surface area contributed by atoms with Crippen molar-refractivity contribution in [3.05, 3.63) is 39.9 Å². The molecule has 18 heavy (non-hydrogen) atoms. The van der Waals surface area contributed by atoms with Gasteiger partial charge in [0.25, 0.3) is 5.69 Å². The fourth-order valence-electron chi connectivity index (χ4n) is 2.32. The number of nitrogens with zero attached hydrogens (tertiary/aromatic N) is 1. The van der Waals surface area contributed by atoms with Gasteiger partial charge >= 0.3 is 0 Å². The number of benzene rings is 1. The summed E-state index contributed by atoms with van der Waals surface area (Å²) in [6, 6.07) is 6.93. The lowest BCUT2D eigenvalue weighted by atomic mass is 9.64. The van der Waals surface area contributed by atoms with Crippen LogP contribution in [0.4, 0.5) is 5.69 Å². The Kier molecular flexibility index (Phi) is 3.36. The van der Waals surface area contributed by atoms with Crippen LogP contribution in [0.2, 0.25) is 0 Å². The molecule has 0 aliphatic heterocycles. The number of hydrogen-bond donors (Lipinski definition) is 2. The van der Waals surface area contributed by atoms with Gasteiger partial charge in [-0.2, -0.15) is 0 Å². The molecule has 1 aromatic carbocycles. The molecule has 1 aliphatic rings. The summed E-state index contributed by atoms with van der Waals surface area (Å²) in [5.74, 6) is 0. The topological polar surface area (TPSA) is 75.4 Å². The first-order valence-corrected chi connectivity index (χ1v) is 6.06. The third kappa shape index (κ3) is 2.23. The summed E-state index contributed by atoms with van der Waals surface area (Å²) in [6.07, 6.45) is 0.411. The van der Waals surface area contributed by atoms with Crippen molar-refractivity contribution in [1.82, 2.24) is 5.32 Å². The van der Waals surface area contributed by atoms with E-state index in [1.54, 1.807) is 18.2 Å². The average molecular weight is 250 g/mol. The zero-order valence-electron chi connectivity index (χ0n) is 10.6. The van der Waals surface area contributed by atoms with Crippen molar-refractivity contribution in [3.8, 4) is 0 Å². The number of hydrogen-bond acceptors (Lipinski definition) is 4. The first-order chi connectivity index (χ1) is 8.43. The van der Waals surface area contributed by atoms with Gasteiger partial charge in [-0.05, 0) is 6.42 Å². The van der Waals surface area contributed by atoms with Crippen molar-refractivity contribution in [2.45, 2.75) is 39.0 Å². The highest BCUT2D eigenvalue weighted by Gasteiger charge is 2.46. The molecule has 0 bridgehead atoms. The fourth-order valence-corrected chi connectivity index (χ4v) is 2.32. The van der Waals surface area contributed by atoms with Crippen LogP contribution < -0.4 is 5.32 Å². The maximum Gasteiger partial charge on any atom is 0.273 e. The van der Waals surface area contributed by atoms with Gasteiger partial charge in [-0.25, -0.2) is 0 Å². The minimum atomic E-state index is -0.363. The number of para-hydroxylation sites is 1. The third-order valence-corrected chi connectivity index (χ3v) is 3.94. The van der Waals surface area contributed by atoms with Crippen molar-refractivity contribution in [2.24, 2.45) is 5.41 Å². The van der Waals surface area contributed by atoms with Gasteiger partial charge in [-0.15, -0.1) is 0 Å². The lowest BCUT2D eigenvalue weighted by Crippen LogP contribution is -2.59. The van der Waals surface area contributed by atoms with Crippen LogP contribution in [0.3, 0.4) is 0 Å². The minimum Gasteiger partial charge on any atom is -0.392 e. The molecular weight excluding hydrogens is 232 g/mol. The van der Waals surface area contributed by atoms with Crippen LogP contribution in [0.1, 0.15) is 25.8 Å². The van der Waals surface area contributed by atoms with Gasteiger partial charge in [-0.1, -0.05) is 32.0 Å². The van der Waals surface area contributed by atoms with E-state index in [1.165, 1.54) is 6.07 Å². The molecule has 1 aliphatic carbocycles. The molecular formula is C13H18N2O3. The Labute approximate surface area is 106 Å². The number of nitro benzene ring substituents is 1. The predicted molar refractivity (Wildman–Crippen MR) is 68.1 cm³/mol. The van der Waals surface area contributed by atoms with Gasteiger partial charge < -0.3 is 10.4 Å². The van der Waals surface area contributed by atoms with E-state index >= 15 is 0 Å². The van der Waals surface area contributed by atoms with E-state index in [1.807, 2.05) is 13.8 Å². The molecule has 0 radical (unpaired) electrons. The molecule has 2 N–H and O–H groups in total. The smallest absolute Gasteiger partial charge is 0.273 e. The molecule has 0 saturated heterocycles. The van der Waals surface area contributed by atoms with Crippen molar-refractivity contribution in [2.75, 3.05) is 0 Å². The first-order valence-electron chi connectivity index (χ1n) is 6.06. The zero-order chi connectivity index (χ0) is 13.3. The fraction of sp³-hybridized carbons (Fsp3) is 0.538. The molecule has 0 aromatic heterocycles. The number of rotatable bonds is 4. The Morgan fingerprint density at radius 2 is 2.17 bits per heavy atom. The van der Waals surface area contributed by atoms with Gasteiger partial charge in [0.05, 0.1) is 11.0 Å². The second kappa shape index (κ2) is 4.66. The van der Waals surface area contributed by atoms with Crippen molar-refractivity contribution >= 4 is 5.69 Å². The van der Waals surface area contributed by atoms with Gasteiger partial charge in [0.1, 0.15) is 0 Å².